The van der Waals surface area contributed by atoms with E-state index in [1.54, 1.807) is 0 Å². The maximum atomic E-state index is 6.95. The average molecular weight is 578 g/mol. The number of benzene rings is 7. The van der Waals surface area contributed by atoms with Crippen molar-refractivity contribution in [3.63, 3.8) is 0 Å². The van der Waals surface area contributed by atoms with Gasteiger partial charge in [0, 0.05) is 32.9 Å². The number of para-hydroxylation sites is 2. The van der Waals surface area contributed by atoms with E-state index in [2.05, 4.69) is 170 Å². The summed E-state index contributed by atoms with van der Waals surface area (Å²) in [5, 5.41) is 4.56. The van der Waals surface area contributed by atoms with Gasteiger partial charge in [-0.1, -0.05) is 129 Å². The van der Waals surface area contributed by atoms with E-state index in [1.165, 1.54) is 38.8 Å². The van der Waals surface area contributed by atoms with E-state index in [0.29, 0.717) is 0 Å². The van der Waals surface area contributed by atoms with Crippen LogP contribution in [0.4, 0.5) is 17.1 Å². The Balaban J connectivity index is 1.31. The molecule has 0 bridgehead atoms. The molecular weight excluding hydrogens is 546 g/mol. The van der Waals surface area contributed by atoms with E-state index in [1.807, 2.05) is 0 Å². The molecule has 0 spiro atoms. The lowest BCUT2D eigenvalue weighted by Gasteiger charge is -2.28. The molecule has 0 unspecified atom stereocenters. The number of hydrogen-bond donors (Lipinski definition) is 0. The van der Waals surface area contributed by atoms with Crippen molar-refractivity contribution in [1.82, 2.24) is 0 Å². The van der Waals surface area contributed by atoms with Crippen LogP contribution in [-0.4, -0.2) is 0 Å². The molecule has 214 valence electrons. The lowest BCUT2D eigenvalue weighted by atomic mass is 9.82. The summed E-state index contributed by atoms with van der Waals surface area (Å²) in [6.07, 6.45) is 0. The summed E-state index contributed by atoms with van der Waals surface area (Å²) < 4.78 is 6.95. The van der Waals surface area contributed by atoms with E-state index >= 15 is 0 Å². The lowest BCUT2D eigenvalue weighted by Crippen LogP contribution is -2.16. The molecule has 0 aliphatic heterocycles. The molecule has 0 radical (unpaired) electrons. The SMILES string of the molecule is CC1(C)c2ccccc2-c2ccc(N(c3ccccc3)c3cccc4c3oc3c5ccccc5c(-c5ccccc5)cc43)cc21. The minimum atomic E-state index is -0.0948. The normalized spacial score (nSPS) is 13.3. The second kappa shape index (κ2) is 9.70. The standard InChI is InChI=1S/C43H31NO/c1-43(2)38-22-12-11-19-32(38)33-25-24-30(26-39(33)43)44(29-16-7-4-8-17-29)40-23-13-21-35-37-27-36(28-14-5-3-6-15-28)31-18-9-10-20-34(31)41(37)45-42(35)40/h3-27H,1-2H3. The Hall–Kier alpha value is -5.60. The molecule has 1 aliphatic rings. The van der Waals surface area contributed by atoms with Gasteiger partial charge in [-0.15, -0.1) is 0 Å². The monoisotopic (exact) mass is 577 g/mol. The number of fused-ring (bicyclic) bond motifs is 8. The highest BCUT2D eigenvalue weighted by molar-refractivity contribution is 6.21. The molecule has 9 rings (SSSR count). The molecule has 0 amide bonds. The predicted octanol–water partition coefficient (Wildman–Crippen LogP) is 12.2. The molecule has 0 N–H and O–H groups in total. The van der Waals surface area contributed by atoms with Crippen molar-refractivity contribution < 1.29 is 4.42 Å². The van der Waals surface area contributed by atoms with E-state index < -0.39 is 0 Å². The van der Waals surface area contributed by atoms with Gasteiger partial charge in [-0.3, -0.25) is 0 Å². The molecule has 0 saturated carbocycles. The molecule has 2 nitrogen and oxygen atoms in total. The Kier molecular flexibility index (Phi) is 5.58. The van der Waals surface area contributed by atoms with E-state index in [0.717, 1.165) is 44.4 Å². The number of hydrogen-bond acceptors (Lipinski definition) is 2. The molecule has 1 aliphatic carbocycles. The zero-order chi connectivity index (χ0) is 30.1. The van der Waals surface area contributed by atoms with Crippen LogP contribution in [-0.2, 0) is 5.41 Å². The second-order valence-corrected chi connectivity index (χ2v) is 12.5. The third kappa shape index (κ3) is 3.82. The van der Waals surface area contributed by atoms with E-state index in [4.69, 9.17) is 4.42 Å². The van der Waals surface area contributed by atoms with Gasteiger partial charge in [0.15, 0.2) is 5.58 Å². The van der Waals surface area contributed by atoms with Crippen molar-refractivity contribution in [2.75, 3.05) is 4.90 Å². The van der Waals surface area contributed by atoms with Crippen LogP contribution in [0, 0.1) is 0 Å². The summed E-state index contributed by atoms with van der Waals surface area (Å²) in [4.78, 5) is 2.35. The maximum absolute atomic E-state index is 6.95. The highest BCUT2D eigenvalue weighted by Gasteiger charge is 2.36. The summed E-state index contributed by atoms with van der Waals surface area (Å²) in [6.45, 7) is 4.67. The average Bonchev–Trinajstić information content (AvgIpc) is 3.58. The fraction of sp³-hybridized carbons (Fsp3) is 0.0698. The topological polar surface area (TPSA) is 16.4 Å². The first kappa shape index (κ1) is 25.9. The zero-order valence-corrected chi connectivity index (χ0v) is 25.3. The van der Waals surface area contributed by atoms with Crippen molar-refractivity contribution in [1.29, 1.82) is 0 Å². The minimum absolute atomic E-state index is 0.0948. The molecule has 1 heterocycles. The third-order valence-corrected chi connectivity index (χ3v) is 9.65. The highest BCUT2D eigenvalue weighted by Crippen LogP contribution is 2.51. The van der Waals surface area contributed by atoms with Crippen molar-refractivity contribution in [3.05, 3.63) is 163 Å². The zero-order valence-electron chi connectivity index (χ0n) is 25.3. The van der Waals surface area contributed by atoms with Gasteiger partial charge in [-0.2, -0.15) is 0 Å². The van der Waals surface area contributed by atoms with Gasteiger partial charge in [0.1, 0.15) is 5.58 Å². The molecular formula is C43H31NO. The van der Waals surface area contributed by atoms with Gasteiger partial charge in [0.2, 0.25) is 0 Å². The van der Waals surface area contributed by atoms with Gasteiger partial charge in [-0.25, -0.2) is 0 Å². The number of furan rings is 1. The largest absolute Gasteiger partial charge is 0.453 e. The van der Waals surface area contributed by atoms with Crippen LogP contribution in [0.2, 0.25) is 0 Å². The molecule has 8 aromatic rings. The van der Waals surface area contributed by atoms with E-state index in [-0.39, 0.29) is 5.41 Å². The Labute approximate surface area is 262 Å². The third-order valence-electron chi connectivity index (χ3n) is 9.65. The first-order valence-electron chi connectivity index (χ1n) is 15.6. The first-order valence-corrected chi connectivity index (χ1v) is 15.6. The molecule has 1 aromatic heterocycles. The molecule has 7 aromatic carbocycles. The van der Waals surface area contributed by atoms with Crippen LogP contribution in [0.3, 0.4) is 0 Å². The second-order valence-electron chi connectivity index (χ2n) is 12.5. The van der Waals surface area contributed by atoms with Crippen molar-refractivity contribution >= 4 is 49.8 Å². The van der Waals surface area contributed by atoms with Crippen LogP contribution >= 0.6 is 0 Å². The van der Waals surface area contributed by atoms with Crippen molar-refractivity contribution in [2.24, 2.45) is 0 Å². The molecule has 0 fully saturated rings. The molecule has 0 atom stereocenters. The van der Waals surface area contributed by atoms with Crippen LogP contribution in [0.1, 0.15) is 25.0 Å². The predicted molar refractivity (Wildman–Crippen MR) is 189 cm³/mol. The van der Waals surface area contributed by atoms with Crippen LogP contribution in [0.25, 0.3) is 55.0 Å². The Morgan fingerprint density at radius 2 is 1.09 bits per heavy atom. The van der Waals surface area contributed by atoms with Crippen molar-refractivity contribution in [2.45, 2.75) is 19.3 Å². The Morgan fingerprint density at radius 3 is 1.91 bits per heavy atom. The van der Waals surface area contributed by atoms with E-state index in [9.17, 15) is 0 Å². The highest BCUT2D eigenvalue weighted by atomic mass is 16.3. The lowest BCUT2D eigenvalue weighted by molar-refractivity contribution is 0.660. The summed E-state index contributed by atoms with van der Waals surface area (Å²) >= 11 is 0. The first-order chi connectivity index (χ1) is 22.1. The number of anilines is 3. The fourth-order valence-electron chi connectivity index (χ4n) is 7.47. The minimum Gasteiger partial charge on any atom is -0.453 e. The van der Waals surface area contributed by atoms with Gasteiger partial charge in [-0.05, 0) is 75.2 Å². The Bertz CT molecular complexity index is 2400. The van der Waals surface area contributed by atoms with Gasteiger partial charge >= 0.3 is 0 Å². The van der Waals surface area contributed by atoms with Crippen LogP contribution in [0.5, 0.6) is 0 Å². The smallest absolute Gasteiger partial charge is 0.159 e. The maximum Gasteiger partial charge on any atom is 0.159 e. The molecule has 2 heteroatoms. The number of rotatable bonds is 4. The summed E-state index contributed by atoms with van der Waals surface area (Å²) in [5.74, 6) is 0. The Morgan fingerprint density at radius 1 is 0.444 bits per heavy atom. The molecule has 0 saturated heterocycles. The summed E-state index contributed by atoms with van der Waals surface area (Å²) in [6, 6.07) is 54.5. The van der Waals surface area contributed by atoms with Gasteiger partial charge < -0.3 is 9.32 Å². The van der Waals surface area contributed by atoms with Gasteiger partial charge in [0.25, 0.3) is 0 Å². The van der Waals surface area contributed by atoms with Crippen molar-refractivity contribution in [3.8, 4) is 22.3 Å². The van der Waals surface area contributed by atoms with Crippen LogP contribution < -0.4 is 4.90 Å². The quantitative estimate of drug-likeness (QED) is 0.207. The number of nitrogens with zero attached hydrogens (tertiary/aromatic N) is 1. The molecule has 45 heavy (non-hydrogen) atoms. The fourth-order valence-corrected chi connectivity index (χ4v) is 7.47. The summed E-state index contributed by atoms with van der Waals surface area (Å²) in [7, 11) is 0. The van der Waals surface area contributed by atoms with Gasteiger partial charge in [0.05, 0.1) is 5.69 Å². The summed E-state index contributed by atoms with van der Waals surface area (Å²) in [5.41, 5.74) is 12.7. The van der Waals surface area contributed by atoms with Crippen LogP contribution in [0.15, 0.2) is 156 Å².